The van der Waals surface area contributed by atoms with Crippen LogP contribution in [0.5, 0.6) is 0 Å². The van der Waals surface area contributed by atoms with Crippen LogP contribution in [0.4, 0.5) is 10.8 Å². The van der Waals surface area contributed by atoms with Gasteiger partial charge in [0.15, 0.2) is 4.34 Å². The van der Waals surface area contributed by atoms with Crippen LogP contribution in [-0.4, -0.2) is 41.1 Å². The zero-order chi connectivity index (χ0) is 18.1. The molecule has 25 heavy (non-hydrogen) atoms. The topological polar surface area (TPSA) is 76.1 Å². The van der Waals surface area contributed by atoms with Crippen LogP contribution < -0.4 is 10.6 Å². The lowest BCUT2D eigenvalue weighted by Gasteiger charge is -2.10. The average molecular weight is 381 g/mol. The zero-order valence-electron chi connectivity index (χ0n) is 14.7. The Balaban J connectivity index is 1.78. The van der Waals surface area contributed by atoms with Crippen molar-refractivity contribution in [1.82, 2.24) is 15.5 Å². The van der Waals surface area contributed by atoms with Gasteiger partial charge >= 0.3 is 0 Å². The molecule has 0 radical (unpaired) electrons. The quantitative estimate of drug-likeness (QED) is 0.484. The number of carbonyl (C=O) groups excluding carboxylic acids is 1. The molecule has 0 aliphatic heterocycles. The Hall–Kier alpha value is -1.64. The van der Waals surface area contributed by atoms with Crippen molar-refractivity contribution in [2.24, 2.45) is 0 Å². The summed E-state index contributed by atoms with van der Waals surface area (Å²) in [5, 5.41) is 14.9. The monoisotopic (exact) mass is 380 g/mol. The molecule has 0 aliphatic carbocycles. The summed E-state index contributed by atoms with van der Waals surface area (Å²) in [6, 6.07) is 8.07. The number of rotatable bonds is 10. The molecule has 2 N–H and O–H groups in total. The highest BCUT2D eigenvalue weighted by molar-refractivity contribution is 8.02. The number of nitrogens with zero attached hydrogens (tertiary/aromatic N) is 2. The third-order valence-corrected chi connectivity index (χ3v) is 5.31. The summed E-state index contributed by atoms with van der Waals surface area (Å²) in [4.78, 5) is 12.1. The number of thioether (sulfide) groups is 1. The number of carbonyl (C=O) groups is 1. The number of benzene rings is 1. The first-order valence-corrected chi connectivity index (χ1v) is 9.97. The Morgan fingerprint density at radius 3 is 3.00 bits per heavy atom. The maximum Gasteiger partial charge on any atom is 0.233 e. The van der Waals surface area contributed by atoms with Crippen LogP contribution in [0.25, 0.3) is 0 Å². The maximum absolute atomic E-state index is 12.1. The second-order valence-corrected chi connectivity index (χ2v) is 8.03. The molecular weight excluding hydrogens is 356 g/mol. The second-order valence-electron chi connectivity index (χ2n) is 5.47. The van der Waals surface area contributed by atoms with Gasteiger partial charge < -0.3 is 15.4 Å². The lowest BCUT2D eigenvalue weighted by molar-refractivity contribution is -0.120. The van der Waals surface area contributed by atoms with Crippen molar-refractivity contribution in [1.29, 1.82) is 0 Å². The first kappa shape index (κ1) is 19.7. The fourth-order valence-electron chi connectivity index (χ4n) is 2.03. The number of anilines is 2. The summed E-state index contributed by atoms with van der Waals surface area (Å²) >= 11 is 2.86. The lowest BCUT2D eigenvalue weighted by Crippen LogP contribution is -2.32. The van der Waals surface area contributed by atoms with E-state index >= 15 is 0 Å². The third-order valence-electron chi connectivity index (χ3n) is 3.29. The van der Waals surface area contributed by atoms with Crippen LogP contribution in [-0.2, 0) is 9.53 Å². The molecule has 2 rings (SSSR count). The van der Waals surface area contributed by atoms with E-state index in [2.05, 4.69) is 20.8 Å². The van der Waals surface area contributed by atoms with E-state index in [0.29, 0.717) is 19.8 Å². The molecule has 1 atom stereocenters. The first-order chi connectivity index (χ1) is 12.1. The summed E-state index contributed by atoms with van der Waals surface area (Å²) in [7, 11) is 0. The molecule has 0 fully saturated rings. The van der Waals surface area contributed by atoms with Crippen LogP contribution in [0.3, 0.4) is 0 Å². The van der Waals surface area contributed by atoms with Crippen molar-refractivity contribution < 1.29 is 9.53 Å². The van der Waals surface area contributed by atoms with Gasteiger partial charge in [-0.2, -0.15) is 0 Å². The number of ether oxygens (including phenoxy) is 1. The Morgan fingerprint density at radius 1 is 1.40 bits per heavy atom. The fourth-order valence-corrected chi connectivity index (χ4v) is 3.97. The number of nitrogens with one attached hydrogen (secondary N) is 2. The van der Waals surface area contributed by atoms with Crippen molar-refractivity contribution in [2.45, 2.75) is 36.8 Å². The number of aromatic nitrogens is 2. The Labute approximate surface area is 156 Å². The molecular formula is C17H24N4O2S2. The maximum atomic E-state index is 12.1. The van der Waals surface area contributed by atoms with Gasteiger partial charge in [-0.25, -0.2) is 0 Å². The van der Waals surface area contributed by atoms with Crippen molar-refractivity contribution in [3.63, 3.8) is 0 Å². The molecule has 1 heterocycles. The normalized spacial score (nSPS) is 12.0. The van der Waals surface area contributed by atoms with Gasteiger partial charge in [-0.3, -0.25) is 4.79 Å². The second kappa shape index (κ2) is 10.4. The van der Waals surface area contributed by atoms with Crippen LogP contribution in [0.1, 0.15) is 25.8 Å². The van der Waals surface area contributed by atoms with E-state index in [9.17, 15) is 4.79 Å². The van der Waals surface area contributed by atoms with Crippen molar-refractivity contribution >= 4 is 39.8 Å². The third kappa shape index (κ3) is 7.01. The molecule has 136 valence electrons. The smallest absolute Gasteiger partial charge is 0.233 e. The van der Waals surface area contributed by atoms with Gasteiger partial charge in [0.05, 0.1) is 5.25 Å². The van der Waals surface area contributed by atoms with Crippen molar-refractivity contribution in [3.05, 3.63) is 29.8 Å². The van der Waals surface area contributed by atoms with Crippen LogP contribution in [0, 0.1) is 6.92 Å². The predicted octanol–water partition coefficient (Wildman–Crippen LogP) is 3.61. The minimum atomic E-state index is -0.216. The Morgan fingerprint density at radius 2 is 2.24 bits per heavy atom. The number of hydrogen-bond acceptors (Lipinski definition) is 7. The molecule has 1 aromatic carbocycles. The summed E-state index contributed by atoms with van der Waals surface area (Å²) in [6.07, 6.45) is 0.820. The van der Waals surface area contributed by atoms with E-state index in [1.54, 1.807) is 0 Å². The van der Waals surface area contributed by atoms with Gasteiger partial charge in [0.1, 0.15) is 0 Å². The molecule has 2 aromatic rings. The zero-order valence-corrected chi connectivity index (χ0v) is 16.4. The van der Waals surface area contributed by atoms with Gasteiger partial charge in [0.2, 0.25) is 11.0 Å². The average Bonchev–Trinajstić information content (AvgIpc) is 3.01. The molecule has 1 aromatic heterocycles. The SMILES string of the molecule is CCOCCCNC(=O)C(C)Sc1nnc(Nc2cccc(C)c2)s1. The molecule has 0 saturated heterocycles. The highest BCUT2D eigenvalue weighted by Crippen LogP contribution is 2.30. The number of hydrogen-bond donors (Lipinski definition) is 2. The number of amides is 1. The standard InChI is InChI=1S/C17H24N4O2S2/c1-4-23-10-6-9-18-15(22)13(3)24-17-21-20-16(25-17)19-14-8-5-7-12(2)11-14/h5,7-8,11,13H,4,6,9-10H2,1-3H3,(H,18,22)(H,19,20). The largest absolute Gasteiger partial charge is 0.382 e. The van der Waals surface area contributed by atoms with Gasteiger partial charge in [0.25, 0.3) is 0 Å². The van der Waals surface area contributed by atoms with Crippen molar-refractivity contribution in [3.8, 4) is 0 Å². The number of aryl methyl sites for hydroxylation is 1. The highest BCUT2D eigenvalue weighted by atomic mass is 32.2. The van der Waals surface area contributed by atoms with Gasteiger partial charge in [-0.15, -0.1) is 10.2 Å². The lowest BCUT2D eigenvalue weighted by atomic mass is 10.2. The minimum absolute atomic E-state index is 0.00453. The van der Waals surface area contributed by atoms with E-state index in [-0.39, 0.29) is 11.2 Å². The first-order valence-electron chi connectivity index (χ1n) is 8.27. The molecule has 8 heteroatoms. The van der Waals surface area contributed by atoms with Crippen LogP contribution in [0.2, 0.25) is 0 Å². The van der Waals surface area contributed by atoms with Crippen molar-refractivity contribution in [2.75, 3.05) is 25.1 Å². The Bertz CT molecular complexity index is 678. The van der Waals surface area contributed by atoms with Gasteiger partial charge in [0, 0.05) is 25.4 Å². The molecule has 1 amide bonds. The molecule has 1 unspecified atom stereocenters. The van der Waals surface area contributed by atoms with E-state index in [1.165, 1.54) is 28.7 Å². The van der Waals surface area contributed by atoms with E-state index in [4.69, 9.17) is 4.74 Å². The highest BCUT2D eigenvalue weighted by Gasteiger charge is 2.16. The fraction of sp³-hybridized carbons (Fsp3) is 0.471. The molecule has 0 saturated carbocycles. The molecule has 0 bridgehead atoms. The summed E-state index contributed by atoms with van der Waals surface area (Å²) in [5.74, 6) is 0.00453. The van der Waals surface area contributed by atoms with Crippen LogP contribution in [0.15, 0.2) is 28.6 Å². The summed E-state index contributed by atoms with van der Waals surface area (Å²) in [6.45, 7) is 7.87. The van der Waals surface area contributed by atoms with E-state index in [1.807, 2.05) is 45.0 Å². The van der Waals surface area contributed by atoms with Crippen LogP contribution >= 0.6 is 23.1 Å². The predicted molar refractivity (Wildman–Crippen MR) is 104 cm³/mol. The van der Waals surface area contributed by atoms with Gasteiger partial charge in [-0.05, 0) is 44.9 Å². The summed E-state index contributed by atoms with van der Waals surface area (Å²) in [5.41, 5.74) is 2.16. The molecule has 6 nitrogen and oxygen atoms in total. The molecule has 0 spiro atoms. The van der Waals surface area contributed by atoms with E-state index in [0.717, 1.165) is 21.6 Å². The minimum Gasteiger partial charge on any atom is -0.382 e. The van der Waals surface area contributed by atoms with Gasteiger partial charge in [-0.1, -0.05) is 35.2 Å². The van der Waals surface area contributed by atoms with E-state index < -0.39 is 0 Å². The Kier molecular flexibility index (Phi) is 8.17. The molecule has 0 aliphatic rings. The summed E-state index contributed by atoms with van der Waals surface area (Å²) < 4.78 is 6.02.